The second-order valence-corrected chi connectivity index (χ2v) is 3.50. The highest BCUT2D eigenvalue weighted by Crippen LogP contribution is 2.12. The summed E-state index contributed by atoms with van der Waals surface area (Å²) in [5.41, 5.74) is -0.429. The van der Waals surface area contributed by atoms with Crippen LogP contribution in [0.1, 0.15) is 40.0 Å². The SMILES string of the molecule is CCCCC(C)(CO)NC(C)=O. The van der Waals surface area contributed by atoms with Gasteiger partial charge < -0.3 is 10.4 Å². The molecule has 3 heteroatoms. The van der Waals surface area contributed by atoms with Gasteiger partial charge in [-0.25, -0.2) is 0 Å². The molecule has 0 aromatic carbocycles. The number of unbranched alkanes of at least 4 members (excludes halogenated alkanes) is 1. The first-order chi connectivity index (χ1) is 5.54. The van der Waals surface area contributed by atoms with E-state index in [0.717, 1.165) is 19.3 Å². The summed E-state index contributed by atoms with van der Waals surface area (Å²) in [6, 6.07) is 0. The molecule has 0 aliphatic heterocycles. The van der Waals surface area contributed by atoms with Crippen molar-refractivity contribution in [1.29, 1.82) is 0 Å². The number of hydrogen-bond acceptors (Lipinski definition) is 2. The lowest BCUT2D eigenvalue weighted by atomic mass is 9.96. The Morgan fingerprint density at radius 3 is 2.50 bits per heavy atom. The van der Waals surface area contributed by atoms with Crippen molar-refractivity contribution in [3.8, 4) is 0 Å². The first-order valence-corrected chi connectivity index (χ1v) is 4.43. The Balaban J connectivity index is 3.95. The van der Waals surface area contributed by atoms with Crippen molar-refractivity contribution in [3.63, 3.8) is 0 Å². The van der Waals surface area contributed by atoms with Crippen molar-refractivity contribution < 1.29 is 9.90 Å². The van der Waals surface area contributed by atoms with Crippen molar-refractivity contribution >= 4 is 5.91 Å². The van der Waals surface area contributed by atoms with Gasteiger partial charge >= 0.3 is 0 Å². The number of carbonyl (C=O) groups is 1. The number of carbonyl (C=O) groups excluding carboxylic acids is 1. The molecule has 0 aliphatic carbocycles. The Morgan fingerprint density at radius 1 is 1.58 bits per heavy atom. The Kier molecular flexibility index (Phi) is 4.90. The quantitative estimate of drug-likeness (QED) is 0.653. The van der Waals surface area contributed by atoms with Crippen LogP contribution in [0.4, 0.5) is 0 Å². The number of hydrogen-bond donors (Lipinski definition) is 2. The number of nitrogens with one attached hydrogen (secondary N) is 1. The Morgan fingerprint density at radius 2 is 2.17 bits per heavy atom. The van der Waals surface area contributed by atoms with E-state index >= 15 is 0 Å². The smallest absolute Gasteiger partial charge is 0.217 e. The maximum absolute atomic E-state index is 10.8. The van der Waals surface area contributed by atoms with Crippen LogP contribution in [-0.4, -0.2) is 23.2 Å². The van der Waals surface area contributed by atoms with E-state index in [-0.39, 0.29) is 12.5 Å². The molecule has 0 aromatic heterocycles. The van der Waals surface area contributed by atoms with E-state index in [9.17, 15) is 4.79 Å². The summed E-state index contributed by atoms with van der Waals surface area (Å²) < 4.78 is 0. The standard InChI is InChI=1S/C9H19NO2/c1-4-5-6-9(3,7-11)10-8(2)12/h11H,4-7H2,1-3H3,(H,10,12). The first kappa shape index (κ1) is 11.4. The van der Waals surface area contributed by atoms with E-state index in [1.807, 2.05) is 6.92 Å². The zero-order valence-corrected chi connectivity index (χ0v) is 8.18. The molecule has 2 N–H and O–H groups in total. The van der Waals surface area contributed by atoms with Crippen molar-refractivity contribution in [2.24, 2.45) is 0 Å². The highest BCUT2D eigenvalue weighted by molar-refractivity contribution is 5.73. The zero-order chi connectivity index (χ0) is 9.61. The van der Waals surface area contributed by atoms with Crippen LogP contribution in [-0.2, 0) is 4.79 Å². The van der Waals surface area contributed by atoms with E-state index in [1.54, 1.807) is 0 Å². The van der Waals surface area contributed by atoms with Gasteiger partial charge in [0.15, 0.2) is 0 Å². The molecule has 0 saturated heterocycles. The minimum atomic E-state index is -0.429. The third kappa shape index (κ3) is 4.34. The lowest BCUT2D eigenvalue weighted by Crippen LogP contribution is -2.47. The molecular weight excluding hydrogens is 154 g/mol. The molecule has 12 heavy (non-hydrogen) atoms. The monoisotopic (exact) mass is 173 g/mol. The van der Waals surface area contributed by atoms with Crippen LogP contribution in [0.2, 0.25) is 0 Å². The Bertz CT molecular complexity index is 147. The summed E-state index contributed by atoms with van der Waals surface area (Å²) in [5, 5.41) is 11.8. The summed E-state index contributed by atoms with van der Waals surface area (Å²) >= 11 is 0. The van der Waals surface area contributed by atoms with Gasteiger partial charge in [-0.3, -0.25) is 4.79 Å². The van der Waals surface area contributed by atoms with Gasteiger partial charge in [-0.1, -0.05) is 19.8 Å². The Hall–Kier alpha value is -0.570. The summed E-state index contributed by atoms with van der Waals surface area (Å²) in [6.07, 6.45) is 2.94. The van der Waals surface area contributed by atoms with Gasteiger partial charge in [0.2, 0.25) is 5.91 Å². The molecule has 0 heterocycles. The van der Waals surface area contributed by atoms with Gasteiger partial charge in [-0.05, 0) is 13.3 Å². The van der Waals surface area contributed by atoms with Gasteiger partial charge in [0.25, 0.3) is 0 Å². The molecule has 0 rings (SSSR count). The summed E-state index contributed by atoms with van der Waals surface area (Å²) in [5.74, 6) is -0.0809. The molecule has 0 spiro atoms. The van der Waals surface area contributed by atoms with Gasteiger partial charge in [-0.15, -0.1) is 0 Å². The van der Waals surface area contributed by atoms with Crippen LogP contribution in [0.25, 0.3) is 0 Å². The lowest BCUT2D eigenvalue weighted by molar-refractivity contribution is -0.121. The second kappa shape index (κ2) is 5.14. The molecule has 1 unspecified atom stereocenters. The molecule has 0 radical (unpaired) electrons. The van der Waals surface area contributed by atoms with Crippen LogP contribution < -0.4 is 5.32 Å². The van der Waals surface area contributed by atoms with Crippen LogP contribution in [0.5, 0.6) is 0 Å². The molecule has 3 nitrogen and oxygen atoms in total. The fraction of sp³-hybridized carbons (Fsp3) is 0.889. The molecule has 0 aromatic rings. The largest absolute Gasteiger partial charge is 0.394 e. The predicted octanol–water partition coefficient (Wildman–Crippen LogP) is 1.06. The zero-order valence-electron chi connectivity index (χ0n) is 8.18. The molecule has 1 amide bonds. The van der Waals surface area contributed by atoms with Gasteiger partial charge in [0.05, 0.1) is 12.1 Å². The molecule has 0 saturated carbocycles. The van der Waals surface area contributed by atoms with Gasteiger partial charge in [-0.2, -0.15) is 0 Å². The number of aliphatic hydroxyl groups excluding tert-OH is 1. The highest BCUT2D eigenvalue weighted by atomic mass is 16.3. The third-order valence-electron chi connectivity index (χ3n) is 1.91. The van der Waals surface area contributed by atoms with E-state index in [0.29, 0.717) is 0 Å². The van der Waals surface area contributed by atoms with Crippen LogP contribution in [0.15, 0.2) is 0 Å². The van der Waals surface area contributed by atoms with Crippen LogP contribution in [0, 0.1) is 0 Å². The van der Waals surface area contributed by atoms with Crippen LogP contribution in [0.3, 0.4) is 0 Å². The molecule has 0 bridgehead atoms. The molecular formula is C9H19NO2. The van der Waals surface area contributed by atoms with Crippen LogP contribution >= 0.6 is 0 Å². The summed E-state index contributed by atoms with van der Waals surface area (Å²) in [7, 11) is 0. The Labute approximate surface area is 74.2 Å². The maximum Gasteiger partial charge on any atom is 0.217 e. The number of rotatable bonds is 5. The molecule has 0 fully saturated rings. The average Bonchev–Trinajstić information content (AvgIpc) is 2.00. The molecule has 0 aliphatic rings. The van der Waals surface area contributed by atoms with E-state index in [2.05, 4.69) is 12.2 Å². The minimum Gasteiger partial charge on any atom is -0.394 e. The van der Waals surface area contributed by atoms with Crippen molar-refractivity contribution in [2.45, 2.75) is 45.6 Å². The highest BCUT2D eigenvalue weighted by Gasteiger charge is 2.22. The first-order valence-electron chi connectivity index (χ1n) is 4.43. The summed E-state index contributed by atoms with van der Waals surface area (Å²) in [4.78, 5) is 10.8. The maximum atomic E-state index is 10.8. The number of amides is 1. The lowest BCUT2D eigenvalue weighted by Gasteiger charge is -2.27. The molecule has 1 atom stereocenters. The van der Waals surface area contributed by atoms with Crippen molar-refractivity contribution in [1.82, 2.24) is 5.32 Å². The average molecular weight is 173 g/mol. The second-order valence-electron chi connectivity index (χ2n) is 3.50. The van der Waals surface area contributed by atoms with E-state index in [4.69, 9.17) is 5.11 Å². The fourth-order valence-electron chi connectivity index (χ4n) is 1.17. The third-order valence-corrected chi connectivity index (χ3v) is 1.91. The van der Waals surface area contributed by atoms with Crippen molar-refractivity contribution in [3.05, 3.63) is 0 Å². The normalized spacial score (nSPS) is 15.3. The van der Waals surface area contributed by atoms with E-state index in [1.165, 1.54) is 6.92 Å². The van der Waals surface area contributed by atoms with Gasteiger partial charge in [0, 0.05) is 6.92 Å². The van der Waals surface area contributed by atoms with Gasteiger partial charge in [0.1, 0.15) is 0 Å². The van der Waals surface area contributed by atoms with Crippen molar-refractivity contribution in [2.75, 3.05) is 6.61 Å². The summed E-state index contributed by atoms with van der Waals surface area (Å²) in [6.45, 7) is 5.43. The molecule has 72 valence electrons. The minimum absolute atomic E-state index is 0.00653. The predicted molar refractivity (Wildman–Crippen MR) is 48.8 cm³/mol. The fourth-order valence-corrected chi connectivity index (χ4v) is 1.17. The van der Waals surface area contributed by atoms with E-state index < -0.39 is 5.54 Å². The topological polar surface area (TPSA) is 49.3 Å². The number of aliphatic hydroxyl groups is 1.